The third-order valence-corrected chi connectivity index (χ3v) is 4.75. The van der Waals surface area contributed by atoms with Crippen LogP contribution in [-0.2, 0) is 0 Å². The van der Waals surface area contributed by atoms with Crippen LogP contribution in [0.15, 0.2) is 0 Å². The van der Waals surface area contributed by atoms with Gasteiger partial charge in [-0.15, -0.1) is 0 Å². The molecule has 1 aliphatic rings. The van der Waals surface area contributed by atoms with E-state index in [9.17, 15) is 0 Å². The Labute approximate surface area is 108 Å². The summed E-state index contributed by atoms with van der Waals surface area (Å²) < 4.78 is 0. The third kappa shape index (κ3) is 4.26. The zero-order valence-electron chi connectivity index (χ0n) is 12.6. The standard InChI is InChI=1S/C15H32N2/c1-6-12-16-13-8-10-14(11-9-13)17(5)15(3,4)7-2/h13-14,16H,6-12H2,1-5H3. The molecule has 0 amide bonds. The summed E-state index contributed by atoms with van der Waals surface area (Å²) in [5.41, 5.74) is 0.356. The first-order valence-corrected chi connectivity index (χ1v) is 7.47. The predicted octanol–water partition coefficient (Wildman–Crippen LogP) is 3.42. The number of hydrogen-bond acceptors (Lipinski definition) is 2. The van der Waals surface area contributed by atoms with E-state index in [0.717, 1.165) is 12.1 Å². The molecule has 1 saturated carbocycles. The minimum Gasteiger partial charge on any atom is -0.314 e. The maximum Gasteiger partial charge on any atom is 0.0150 e. The molecule has 102 valence electrons. The molecule has 0 radical (unpaired) electrons. The highest BCUT2D eigenvalue weighted by atomic mass is 15.2. The van der Waals surface area contributed by atoms with Gasteiger partial charge in [0.1, 0.15) is 0 Å². The third-order valence-electron chi connectivity index (χ3n) is 4.75. The van der Waals surface area contributed by atoms with Crippen molar-refractivity contribution in [1.29, 1.82) is 0 Å². The molecule has 1 fully saturated rings. The second-order valence-corrected chi connectivity index (χ2v) is 6.24. The van der Waals surface area contributed by atoms with Crippen LogP contribution in [0.4, 0.5) is 0 Å². The first-order valence-electron chi connectivity index (χ1n) is 7.47. The summed E-state index contributed by atoms with van der Waals surface area (Å²) in [5, 5.41) is 3.66. The van der Waals surface area contributed by atoms with Gasteiger partial charge in [-0.2, -0.15) is 0 Å². The Morgan fingerprint density at radius 1 is 1.12 bits per heavy atom. The maximum absolute atomic E-state index is 3.66. The summed E-state index contributed by atoms with van der Waals surface area (Å²) >= 11 is 0. The molecule has 17 heavy (non-hydrogen) atoms. The highest BCUT2D eigenvalue weighted by Crippen LogP contribution is 2.28. The van der Waals surface area contributed by atoms with Crippen LogP contribution in [0.5, 0.6) is 0 Å². The minimum atomic E-state index is 0.356. The van der Waals surface area contributed by atoms with E-state index in [1.165, 1.54) is 45.1 Å². The summed E-state index contributed by atoms with van der Waals surface area (Å²) in [4.78, 5) is 2.61. The molecule has 1 N–H and O–H groups in total. The van der Waals surface area contributed by atoms with Gasteiger partial charge in [0.05, 0.1) is 0 Å². The predicted molar refractivity (Wildman–Crippen MR) is 76.5 cm³/mol. The molecule has 1 rings (SSSR count). The average molecular weight is 240 g/mol. The fraction of sp³-hybridized carbons (Fsp3) is 1.00. The number of hydrogen-bond donors (Lipinski definition) is 1. The second-order valence-electron chi connectivity index (χ2n) is 6.24. The summed E-state index contributed by atoms with van der Waals surface area (Å²) in [6.07, 6.45) is 7.92. The summed E-state index contributed by atoms with van der Waals surface area (Å²) in [5.74, 6) is 0. The number of nitrogens with zero attached hydrogens (tertiary/aromatic N) is 1. The zero-order chi connectivity index (χ0) is 12.9. The zero-order valence-corrected chi connectivity index (χ0v) is 12.6. The van der Waals surface area contributed by atoms with Gasteiger partial charge in [0.2, 0.25) is 0 Å². The smallest absolute Gasteiger partial charge is 0.0150 e. The molecular formula is C15H32N2. The van der Waals surface area contributed by atoms with Crippen molar-refractivity contribution in [3.8, 4) is 0 Å². The highest BCUT2D eigenvalue weighted by molar-refractivity contribution is 4.88. The van der Waals surface area contributed by atoms with Gasteiger partial charge in [-0.05, 0) is 66.0 Å². The molecular weight excluding hydrogens is 208 g/mol. The molecule has 1 aliphatic carbocycles. The van der Waals surface area contributed by atoms with E-state index in [0.29, 0.717) is 5.54 Å². The van der Waals surface area contributed by atoms with E-state index in [2.05, 4.69) is 45.0 Å². The van der Waals surface area contributed by atoms with Crippen LogP contribution in [0.3, 0.4) is 0 Å². The second kappa shape index (κ2) is 6.75. The van der Waals surface area contributed by atoms with Crippen molar-refractivity contribution in [3.63, 3.8) is 0 Å². The van der Waals surface area contributed by atoms with Gasteiger partial charge >= 0.3 is 0 Å². The Kier molecular flexibility index (Phi) is 5.94. The van der Waals surface area contributed by atoms with Crippen molar-refractivity contribution in [2.45, 2.75) is 83.8 Å². The van der Waals surface area contributed by atoms with Crippen LogP contribution in [0.25, 0.3) is 0 Å². The van der Waals surface area contributed by atoms with E-state index >= 15 is 0 Å². The van der Waals surface area contributed by atoms with Crippen LogP contribution in [0, 0.1) is 0 Å². The quantitative estimate of drug-likeness (QED) is 0.765. The van der Waals surface area contributed by atoms with Gasteiger partial charge in [0.25, 0.3) is 0 Å². The Bertz CT molecular complexity index is 205. The Morgan fingerprint density at radius 3 is 2.18 bits per heavy atom. The fourth-order valence-corrected chi connectivity index (χ4v) is 2.76. The van der Waals surface area contributed by atoms with E-state index in [1.807, 2.05) is 0 Å². The van der Waals surface area contributed by atoms with Crippen LogP contribution in [-0.4, -0.2) is 36.1 Å². The molecule has 0 unspecified atom stereocenters. The maximum atomic E-state index is 3.66. The monoisotopic (exact) mass is 240 g/mol. The van der Waals surface area contributed by atoms with E-state index < -0.39 is 0 Å². The molecule has 0 saturated heterocycles. The van der Waals surface area contributed by atoms with Crippen molar-refractivity contribution < 1.29 is 0 Å². The van der Waals surface area contributed by atoms with Crippen LogP contribution in [0.2, 0.25) is 0 Å². The van der Waals surface area contributed by atoms with Crippen LogP contribution >= 0.6 is 0 Å². The lowest BCUT2D eigenvalue weighted by atomic mass is 9.87. The largest absolute Gasteiger partial charge is 0.314 e. The lowest BCUT2D eigenvalue weighted by Crippen LogP contribution is -2.49. The molecule has 0 aliphatic heterocycles. The molecule has 0 aromatic carbocycles. The first-order chi connectivity index (χ1) is 8.01. The number of rotatable bonds is 6. The normalized spacial score (nSPS) is 26.5. The van der Waals surface area contributed by atoms with Crippen molar-refractivity contribution in [1.82, 2.24) is 10.2 Å². The molecule has 0 bridgehead atoms. The van der Waals surface area contributed by atoms with Gasteiger partial charge in [-0.25, -0.2) is 0 Å². The lowest BCUT2D eigenvalue weighted by molar-refractivity contribution is 0.0690. The van der Waals surface area contributed by atoms with Crippen molar-refractivity contribution in [2.24, 2.45) is 0 Å². The summed E-state index contributed by atoms with van der Waals surface area (Å²) in [7, 11) is 2.31. The van der Waals surface area contributed by atoms with Gasteiger partial charge < -0.3 is 5.32 Å². The van der Waals surface area contributed by atoms with Gasteiger partial charge in [-0.3, -0.25) is 4.90 Å². The Morgan fingerprint density at radius 2 is 1.71 bits per heavy atom. The first kappa shape index (κ1) is 15.0. The number of nitrogens with one attached hydrogen (secondary N) is 1. The molecule has 0 heterocycles. The highest BCUT2D eigenvalue weighted by Gasteiger charge is 2.30. The average Bonchev–Trinajstić information content (AvgIpc) is 2.36. The van der Waals surface area contributed by atoms with Gasteiger partial charge in [-0.1, -0.05) is 13.8 Å². The van der Waals surface area contributed by atoms with E-state index in [-0.39, 0.29) is 0 Å². The van der Waals surface area contributed by atoms with Crippen LogP contribution < -0.4 is 5.32 Å². The molecule has 0 aromatic heterocycles. The van der Waals surface area contributed by atoms with Gasteiger partial charge in [0, 0.05) is 17.6 Å². The summed E-state index contributed by atoms with van der Waals surface area (Å²) in [6.45, 7) is 10.5. The fourth-order valence-electron chi connectivity index (χ4n) is 2.76. The minimum absolute atomic E-state index is 0.356. The van der Waals surface area contributed by atoms with Gasteiger partial charge in [0.15, 0.2) is 0 Å². The van der Waals surface area contributed by atoms with E-state index in [1.54, 1.807) is 0 Å². The van der Waals surface area contributed by atoms with Crippen molar-refractivity contribution in [3.05, 3.63) is 0 Å². The topological polar surface area (TPSA) is 15.3 Å². The lowest BCUT2D eigenvalue weighted by Gasteiger charge is -2.43. The van der Waals surface area contributed by atoms with Crippen LogP contribution in [0.1, 0.15) is 66.2 Å². The molecule has 2 nitrogen and oxygen atoms in total. The molecule has 0 atom stereocenters. The molecule has 0 aromatic rings. The Balaban J connectivity index is 2.36. The molecule has 0 spiro atoms. The molecule has 2 heteroatoms. The SMILES string of the molecule is CCCNC1CCC(N(C)C(C)(C)CC)CC1. The van der Waals surface area contributed by atoms with Crippen molar-refractivity contribution >= 4 is 0 Å². The van der Waals surface area contributed by atoms with E-state index in [4.69, 9.17) is 0 Å². The summed E-state index contributed by atoms with van der Waals surface area (Å²) in [6, 6.07) is 1.58. The van der Waals surface area contributed by atoms with Crippen molar-refractivity contribution in [2.75, 3.05) is 13.6 Å². The Hall–Kier alpha value is -0.0800.